The second kappa shape index (κ2) is 6.41. The Morgan fingerprint density at radius 1 is 1.31 bits per heavy atom. The molecule has 0 atom stereocenters. The zero-order valence-corrected chi connectivity index (χ0v) is 14.7. The highest BCUT2D eigenvalue weighted by Crippen LogP contribution is 2.34. The van der Waals surface area contributed by atoms with Crippen LogP contribution in [0.5, 0.6) is 0 Å². The van der Waals surface area contributed by atoms with Crippen molar-refractivity contribution in [2.24, 2.45) is 7.05 Å². The quantitative estimate of drug-likeness (QED) is 0.764. The average Bonchev–Trinajstić information content (AvgIpc) is 3.33. The van der Waals surface area contributed by atoms with Crippen LogP contribution in [0, 0.1) is 19.8 Å². The lowest BCUT2D eigenvalue weighted by molar-refractivity contribution is -0.137. The van der Waals surface area contributed by atoms with Gasteiger partial charge < -0.3 is 4.90 Å². The van der Waals surface area contributed by atoms with E-state index >= 15 is 0 Å². The summed E-state index contributed by atoms with van der Waals surface area (Å²) in [6, 6.07) is 3.39. The van der Waals surface area contributed by atoms with Gasteiger partial charge in [-0.25, -0.2) is 4.68 Å². The number of alkyl halides is 3. The third-order valence-corrected chi connectivity index (χ3v) is 4.63. The third-order valence-electron chi connectivity index (χ3n) is 4.63. The van der Waals surface area contributed by atoms with Crippen molar-refractivity contribution in [2.45, 2.75) is 45.5 Å². The lowest BCUT2D eigenvalue weighted by Crippen LogP contribution is -2.33. The van der Waals surface area contributed by atoms with Crippen LogP contribution < -0.4 is 0 Å². The van der Waals surface area contributed by atoms with Gasteiger partial charge in [-0.1, -0.05) is 6.07 Å². The molecule has 0 N–H and O–H groups in total. The van der Waals surface area contributed by atoms with Gasteiger partial charge in [0.1, 0.15) is 5.56 Å². The molecule has 3 rings (SSSR count). The predicted molar refractivity (Wildman–Crippen MR) is 87.0 cm³/mol. The van der Waals surface area contributed by atoms with Gasteiger partial charge in [0.05, 0.1) is 11.3 Å². The maximum Gasteiger partial charge on any atom is 0.416 e. The van der Waals surface area contributed by atoms with Gasteiger partial charge in [0, 0.05) is 19.6 Å². The summed E-state index contributed by atoms with van der Waals surface area (Å²) in [5.41, 5.74) is 0.442. The Bertz CT molecular complexity index is 853. The summed E-state index contributed by atoms with van der Waals surface area (Å²) in [6.45, 7) is 3.24. The molecule has 0 radical (unpaired) electrons. The van der Waals surface area contributed by atoms with E-state index in [0.717, 1.165) is 29.7 Å². The zero-order chi connectivity index (χ0) is 19.2. The van der Waals surface area contributed by atoms with E-state index < -0.39 is 23.6 Å². The van der Waals surface area contributed by atoms with Gasteiger partial charge in [-0.3, -0.25) is 4.79 Å². The third kappa shape index (κ3) is 3.45. The molecule has 0 bridgehead atoms. The predicted octanol–water partition coefficient (Wildman–Crippen LogP) is 4.00. The molecule has 1 heterocycles. The van der Waals surface area contributed by atoms with Crippen molar-refractivity contribution >= 4 is 5.91 Å². The highest BCUT2D eigenvalue weighted by atomic mass is 19.4. The Labute approximate surface area is 148 Å². The van der Waals surface area contributed by atoms with Crippen LogP contribution in [0.3, 0.4) is 0 Å². The molecule has 1 aliphatic rings. The van der Waals surface area contributed by atoms with Gasteiger partial charge in [0.2, 0.25) is 5.95 Å². The lowest BCUT2D eigenvalue weighted by Gasteiger charge is -2.24. The number of amides is 1. The fourth-order valence-corrected chi connectivity index (χ4v) is 2.97. The molecule has 0 spiro atoms. The first-order valence-electron chi connectivity index (χ1n) is 8.26. The van der Waals surface area contributed by atoms with Crippen LogP contribution in [0.25, 0.3) is 0 Å². The molecule has 8 heteroatoms. The van der Waals surface area contributed by atoms with Crippen molar-refractivity contribution in [3.8, 4) is 0 Å². The molecule has 140 valence electrons. The summed E-state index contributed by atoms with van der Waals surface area (Å²) in [5.74, 6) is -1.27. The molecular formula is C18H19F4N3O. The Kier molecular flexibility index (Phi) is 4.54. The number of aromatic nitrogens is 2. The second-order valence-corrected chi connectivity index (χ2v) is 6.68. The maximum atomic E-state index is 14.3. The van der Waals surface area contributed by atoms with Gasteiger partial charge in [0.25, 0.3) is 5.91 Å². The number of hydrogen-bond acceptors (Lipinski definition) is 2. The van der Waals surface area contributed by atoms with Crippen LogP contribution >= 0.6 is 0 Å². The number of benzene rings is 1. The largest absolute Gasteiger partial charge is 0.416 e. The van der Waals surface area contributed by atoms with Crippen LogP contribution in [0.4, 0.5) is 17.6 Å². The number of carbonyl (C=O) groups excluding carboxylic acids is 1. The number of halogens is 4. The molecule has 0 saturated heterocycles. The van der Waals surface area contributed by atoms with Crippen molar-refractivity contribution < 1.29 is 22.4 Å². The summed E-state index contributed by atoms with van der Waals surface area (Å²) < 4.78 is 54.2. The van der Waals surface area contributed by atoms with Crippen LogP contribution in [0.15, 0.2) is 18.2 Å². The van der Waals surface area contributed by atoms with E-state index in [9.17, 15) is 22.4 Å². The van der Waals surface area contributed by atoms with E-state index in [2.05, 4.69) is 5.10 Å². The van der Waals surface area contributed by atoms with E-state index in [4.69, 9.17) is 0 Å². The van der Waals surface area contributed by atoms with Crippen molar-refractivity contribution in [1.29, 1.82) is 0 Å². The number of carbonyl (C=O) groups is 1. The smallest absolute Gasteiger partial charge is 0.331 e. The summed E-state index contributed by atoms with van der Waals surface area (Å²) in [6.07, 6.45) is -2.95. The minimum atomic E-state index is -4.46. The van der Waals surface area contributed by atoms with Crippen molar-refractivity contribution in [3.63, 3.8) is 0 Å². The molecule has 1 saturated carbocycles. The van der Waals surface area contributed by atoms with E-state index in [1.165, 1.54) is 24.9 Å². The Morgan fingerprint density at radius 2 is 1.96 bits per heavy atom. The van der Waals surface area contributed by atoms with Gasteiger partial charge in [-0.15, -0.1) is 0 Å². The summed E-state index contributed by atoms with van der Waals surface area (Å²) >= 11 is 0. The van der Waals surface area contributed by atoms with Crippen LogP contribution in [0.2, 0.25) is 0 Å². The van der Waals surface area contributed by atoms with Crippen molar-refractivity contribution in [1.82, 2.24) is 14.7 Å². The van der Waals surface area contributed by atoms with E-state index in [1.807, 2.05) is 0 Å². The summed E-state index contributed by atoms with van der Waals surface area (Å²) in [5, 5.41) is 3.91. The first-order chi connectivity index (χ1) is 12.1. The molecule has 26 heavy (non-hydrogen) atoms. The highest BCUT2D eigenvalue weighted by molar-refractivity contribution is 5.95. The Hall–Kier alpha value is -2.38. The Balaban J connectivity index is 1.94. The number of nitrogens with zero attached hydrogens (tertiary/aromatic N) is 3. The second-order valence-electron chi connectivity index (χ2n) is 6.68. The van der Waals surface area contributed by atoms with Gasteiger partial charge in [0.15, 0.2) is 0 Å². The lowest BCUT2D eigenvalue weighted by atomic mass is 10.0. The summed E-state index contributed by atoms with van der Waals surface area (Å²) in [4.78, 5) is 14.3. The first kappa shape index (κ1) is 18.4. The van der Waals surface area contributed by atoms with Crippen molar-refractivity contribution in [2.75, 3.05) is 0 Å². The van der Waals surface area contributed by atoms with Crippen LogP contribution in [-0.4, -0.2) is 26.6 Å². The van der Waals surface area contributed by atoms with E-state index in [1.54, 1.807) is 6.92 Å². The van der Waals surface area contributed by atoms with E-state index in [-0.39, 0.29) is 23.8 Å². The standard InChI is InChI=1S/C18H19F4N3O/c1-10-4-5-13(18(20,21)22)8-12(10)9-25(14-6-7-14)17(26)15-11(2)23-24(3)16(15)19/h4-5,8,14H,6-7,9H2,1-3H3. The monoisotopic (exact) mass is 369 g/mol. The molecule has 1 aromatic carbocycles. The molecule has 0 unspecified atom stereocenters. The number of aryl methyl sites for hydroxylation is 3. The minimum absolute atomic E-state index is 0.00697. The molecule has 4 nitrogen and oxygen atoms in total. The van der Waals surface area contributed by atoms with Gasteiger partial charge in [-0.05, 0) is 49.9 Å². The van der Waals surface area contributed by atoms with Crippen molar-refractivity contribution in [3.05, 3.63) is 52.1 Å². The summed E-state index contributed by atoms with van der Waals surface area (Å²) in [7, 11) is 1.40. The topological polar surface area (TPSA) is 38.1 Å². The normalized spacial score (nSPS) is 14.6. The van der Waals surface area contributed by atoms with Crippen LogP contribution in [0.1, 0.15) is 45.6 Å². The maximum absolute atomic E-state index is 14.3. The highest BCUT2D eigenvalue weighted by Gasteiger charge is 2.37. The molecule has 1 aromatic heterocycles. The van der Waals surface area contributed by atoms with Gasteiger partial charge in [-0.2, -0.15) is 22.7 Å². The number of rotatable bonds is 4. The molecule has 0 aliphatic heterocycles. The zero-order valence-electron chi connectivity index (χ0n) is 14.7. The SMILES string of the molecule is Cc1ccc(C(F)(F)F)cc1CN(C(=O)c1c(C)nn(C)c1F)C1CC1. The fraction of sp³-hybridized carbons (Fsp3) is 0.444. The molecule has 1 fully saturated rings. The molecule has 1 amide bonds. The molecule has 2 aromatic rings. The van der Waals surface area contributed by atoms with E-state index in [0.29, 0.717) is 11.1 Å². The average molecular weight is 369 g/mol. The number of hydrogen-bond donors (Lipinski definition) is 0. The first-order valence-corrected chi connectivity index (χ1v) is 8.26. The Morgan fingerprint density at radius 3 is 2.46 bits per heavy atom. The molecule has 1 aliphatic carbocycles. The van der Waals surface area contributed by atoms with Crippen LogP contribution in [-0.2, 0) is 19.8 Å². The minimum Gasteiger partial charge on any atom is -0.331 e. The fourth-order valence-electron chi connectivity index (χ4n) is 2.97. The molecular weight excluding hydrogens is 350 g/mol. The van der Waals surface area contributed by atoms with Gasteiger partial charge >= 0.3 is 6.18 Å².